The van der Waals surface area contributed by atoms with E-state index in [9.17, 15) is 4.79 Å². The van der Waals surface area contributed by atoms with Crippen LogP contribution < -0.4 is 10.5 Å². The van der Waals surface area contributed by atoms with Crippen molar-refractivity contribution in [3.63, 3.8) is 0 Å². The first-order chi connectivity index (χ1) is 14.1. The average molecular weight is 406 g/mol. The maximum absolute atomic E-state index is 13.1. The summed E-state index contributed by atoms with van der Waals surface area (Å²) in [5.74, 6) is 1.64. The molecule has 0 spiro atoms. The Morgan fingerprint density at radius 2 is 1.93 bits per heavy atom. The Bertz CT molecular complexity index is 1230. The molecule has 4 heterocycles. The zero-order chi connectivity index (χ0) is 20.0. The summed E-state index contributed by atoms with van der Waals surface area (Å²) in [6.07, 6.45) is 6.31. The van der Waals surface area contributed by atoms with Gasteiger partial charge in [-0.1, -0.05) is 30.7 Å². The van der Waals surface area contributed by atoms with Crippen LogP contribution in [0.4, 0.5) is 5.82 Å². The number of anilines is 1. The highest BCUT2D eigenvalue weighted by molar-refractivity contribution is 6.30. The molecule has 0 amide bonds. The summed E-state index contributed by atoms with van der Waals surface area (Å²) in [5, 5.41) is 5.09. The lowest BCUT2D eigenvalue weighted by molar-refractivity contribution is 0.659. The van der Waals surface area contributed by atoms with Crippen LogP contribution in [0.25, 0.3) is 22.3 Å². The molecule has 0 unspecified atom stereocenters. The second-order valence-electron chi connectivity index (χ2n) is 7.59. The Morgan fingerprint density at radius 3 is 2.62 bits per heavy atom. The van der Waals surface area contributed by atoms with Gasteiger partial charge >= 0.3 is 0 Å². The molecule has 4 aromatic rings. The highest BCUT2D eigenvalue weighted by Crippen LogP contribution is 2.24. The van der Waals surface area contributed by atoms with E-state index >= 15 is 0 Å². The van der Waals surface area contributed by atoms with Gasteiger partial charge in [0.2, 0.25) is 0 Å². The van der Waals surface area contributed by atoms with Crippen molar-refractivity contribution in [2.45, 2.75) is 13.3 Å². The van der Waals surface area contributed by atoms with Crippen molar-refractivity contribution in [1.29, 1.82) is 0 Å². The van der Waals surface area contributed by atoms with E-state index in [4.69, 9.17) is 11.6 Å². The number of hydrogen-bond acceptors (Lipinski definition) is 4. The van der Waals surface area contributed by atoms with E-state index < -0.39 is 0 Å². The van der Waals surface area contributed by atoms with Crippen LogP contribution in [0.5, 0.6) is 0 Å². The molecule has 6 nitrogen and oxygen atoms in total. The molecule has 7 heteroatoms. The highest BCUT2D eigenvalue weighted by Gasteiger charge is 2.19. The number of halogens is 1. The van der Waals surface area contributed by atoms with Crippen LogP contribution in [0.15, 0.2) is 66.0 Å². The molecule has 1 aliphatic heterocycles. The third-order valence-corrected chi connectivity index (χ3v) is 5.72. The van der Waals surface area contributed by atoms with E-state index in [-0.39, 0.29) is 5.56 Å². The fraction of sp³-hybridized carbons (Fsp3) is 0.227. The van der Waals surface area contributed by atoms with Gasteiger partial charge in [-0.15, -0.1) is 0 Å². The lowest BCUT2D eigenvalue weighted by Crippen LogP contribution is -2.22. The molecule has 29 heavy (non-hydrogen) atoms. The Balaban J connectivity index is 1.50. The van der Waals surface area contributed by atoms with E-state index in [1.54, 1.807) is 10.7 Å². The lowest BCUT2D eigenvalue weighted by atomic mass is 10.1. The largest absolute Gasteiger partial charge is 0.356 e. The van der Waals surface area contributed by atoms with E-state index in [1.165, 1.54) is 17.3 Å². The molecule has 1 aliphatic rings. The van der Waals surface area contributed by atoms with E-state index in [0.29, 0.717) is 22.1 Å². The molecule has 0 aliphatic carbocycles. The van der Waals surface area contributed by atoms with Crippen molar-refractivity contribution < 1.29 is 0 Å². The van der Waals surface area contributed by atoms with Gasteiger partial charge in [0.05, 0.1) is 11.9 Å². The first-order valence-corrected chi connectivity index (χ1v) is 10.0. The second-order valence-corrected chi connectivity index (χ2v) is 8.02. The smallest absolute Gasteiger partial charge is 0.282 e. The minimum absolute atomic E-state index is 0.135. The van der Waals surface area contributed by atoms with Gasteiger partial charge in [0.15, 0.2) is 0 Å². The average Bonchev–Trinajstić information content (AvgIpc) is 3.36. The van der Waals surface area contributed by atoms with E-state index in [0.717, 1.165) is 30.0 Å². The van der Waals surface area contributed by atoms with Gasteiger partial charge < -0.3 is 4.90 Å². The standard InChI is InChI=1S/C22H20ClN5O/c1-15-8-9-26(12-15)21-7-6-19(11-24-21)27-14-25-28-13-17(10-20(28)22(27)29)16-2-4-18(23)5-3-16/h2-7,10-11,13-15H,8-9,12H2,1H3/t15-/m1/s1. The SMILES string of the molecule is C[C@@H]1CCN(c2ccc(-n3cnn4cc(-c5ccc(Cl)cc5)cc4c3=O)cn2)C1. The van der Waals surface area contributed by atoms with Crippen molar-refractivity contribution in [3.05, 3.63) is 76.6 Å². The first-order valence-electron chi connectivity index (χ1n) is 9.66. The van der Waals surface area contributed by atoms with Crippen molar-refractivity contribution in [2.24, 2.45) is 5.92 Å². The topological polar surface area (TPSA) is 55.4 Å². The molecule has 146 valence electrons. The van der Waals surface area contributed by atoms with Gasteiger partial charge in [-0.25, -0.2) is 9.50 Å². The Kier molecular flexibility index (Phi) is 4.36. The normalized spacial score (nSPS) is 16.6. The predicted octanol–water partition coefficient (Wildman–Crippen LogP) is 4.05. The second kappa shape index (κ2) is 7.04. The van der Waals surface area contributed by atoms with Gasteiger partial charge in [-0.2, -0.15) is 5.10 Å². The monoisotopic (exact) mass is 405 g/mol. The molecule has 0 bridgehead atoms. The van der Waals surface area contributed by atoms with E-state index in [2.05, 4.69) is 21.9 Å². The molecule has 0 saturated carbocycles. The Labute approximate surface area is 173 Å². The van der Waals surface area contributed by atoms with E-state index in [1.807, 2.05) is 48.7 Å². The van der Waals surface area contributed by atoms with Gasteiger partial charge in [-0.3, -0.25) is 9.36 Å². The van der Waals surface area contributed by atoms with Crippen LogP contribution in [0, 0.1) is 5.92 Å². The summed E-state index contributed by atoms with van der Waals surface area (Å²) in [6, 6.07) is 13.3. The van der Waals surface area contributed by atoms with Crippen LogP contribution in [0.2, 0.25) is 5.02 Å². The van der Waals surface area contributed by atoms with Crippen LogP contribution in [0.1, 0.15) is 13.3 Å². The molecule has 1 fully saturated rings. The molecular weight excluding hydrogens is 386 g/mol. The molecule has 1 saturated heterocycles. The minimum atomic E-state index is -0.135. The number of aromatic nitrogens is 4. The fourth-order valence-electron chi connectivity index (χ4n) is 3.83. The molecule has 3 aromatic heterocycles. The molecule has 0 N–H and O–H groups in total. The molecule has 0 radical (unpaired) electrons. The highest BCUT2D eigenvalue weighted by atomic mass is 35.5. The van der Waals surface area contributed by atoms with Gasteiger partial charge in [-0.05, 0) is 48.2 Å². The number of fused-ring (bicyclic) bond motifs is 1. The number of benzene rings is 1. The summed E-state index contributed by atoms with van der Waals surface area (Å²) < 4.78 is 3.14. The maximum atomic E-state index is 13.1. The summed E-state index contributed by atoms with van der Waals surface area (Å²) >= 11 is 5.97. The van der Waals surface area contributed by atoms with Crippen molar-refractivity contribution >= 4 is 22.9 Å². The molecule has 1 aromatic carbocycles. The number of hydrogen-bond donors (Lipinski definition) is 0. The third kappa shape index (κ3) is 3.29. The summed E-state index contributed by atoms with van der Waals surface area (Å²) in [6.45, 7) is 4.31. The van der Waals surface area contributed by atoms with Crippen LogP contribution in [-0.4, -0.2) is 32.3 Å². The van der Waals surface area contributed by atoms with Crippen LogP contribution >= 0.6 is 11.6 Å². The quantitative estimate of drug-likeness (QED) is 0.516. The lowest BCUT2D eigenvalue weighted by Gasteiger charge is -2.17. The molecule has 1 atom stereocenters. The Hall–Kier alpha value is -3.12. The number of nitrogens with zero attached hydrogens (tertiary/aromatic N) is 5. The minimum Gasteiger partial charge on any atom is -0.356 e. The summed E-state index contributed by atoms with van der Waals surface area (Å²) in [5.41, 5.74) is 2.98. The van der Waals surface area contributed by atoms with Crippen LogP contribution in [0.3, 0.4) is 0 Å². The number of pyridine rings is 1. The third-order valence-electron chi connectivity index (χ3n) is 5.47. The first kappa shape index (κ1) is 17.9. The van der Waals surface area contributed by atoms with Gasteiger partial charge in [0.1, 0.15) is 17.7 Å². The number of rotatable bonds is 3. The zero-order valence-corrected chi connectivity index (χ0v) is 16.8. The predicted molar refractivity (Wildman–Crippen MR) is 115 cm³/mol. The van der Waals surface area contributed by atoms with Crippen molar-refractivity contribution in [3.8, 4) is 16.8 Å². The maximum Gasteiger partial charge on any atom is 0.282 e. The summed E-state index contributed by atoms with van der Waals surface area (Å²) in [4.78, 5) is 19.9. The molecule has 5 rings (SSSR count). The van der Waals surface area contributed by atoms with Gasteiger partial charge in [0.25, 0.3) is 5.56 Å². The van der Waals surface area contributed by atoms with Crippen LogP contribution in [-0.2, 0) is 0 Å². The fourth-order valence-corrected chi connectivity index (χ4v) is 3.95. The summed E-state index contributed by atoms with van der Waals surface area (Å²) in [7, 11) is 0. The molecular formula is C22H20ClN5O. The van der Waals surface area contributed by atoms with Gasteiger partial charge in [0, 0.05) is 29.9 Å². The zero-order valence-electron chi connectivity index (χ0n) is 16.0. The Morgan fingerprint density at radius 1 is 1.10 bits per heavy atom. The van der Waals surface area contributed by atoms with Crippen molar-refractivity contribution in [1.82, 2.24) is 19.2 Å². The van der Waals surface area contributed by atoms with Crippen molar-refractivity contribution in [2.75, 3.05) is 18.0 Å².